The lowest BCUT2D eigenvalue weighted by atomic mass is 9.91. The minimum Gasteiger partial charge on any atom is -0.444 e. The molecule has 0 radical (unpaired) electrons. The van der Waals surface area contributed by atoms with Crippen LogP contribution < -0.4 is 16.0 Å². The smallest absolute Gasteiger partial charge is 0.408 e. The molecule has 0 aromatic rings. The van der Waals surface area contributed by atoms with Crippen LogP contribution in [0.4, 0.5) is 4.79 Å². The second-order valence-corrected chi connectivity index (χ2v) is 16.4. The molecule has 2 saturated heterocycles. The summed E-state index contributed by atoms with van der Waals surface area (Å²) in [5.41, 5.74) is 0.958. The quantitative estimate of drug-likeness (QED) is 0.159. The topological polar surface area (TPSA) is 157 Å². The lowest BCUT2D eigenvalue weighted by Crippen LogP contribution is -2.54. The summed E-state index contributed by atoms with van der Waals surface area (Å²) in [4.78, 5) is 83.6. The largest absolute Gasteiger partial charge is 0.444 e. The fourth-order valence-electron chi connectivity index (χ4n) is 6.84. The summed E-state index contributed by atoms with van der Waals surface area (Å²) in [6, 6.07) is -1.79. The maximum atomic E-state index is 13.6. The van der Waals surface area contributed by atoms with Gasteiger partial charge in [0.2, 0.25) is 17.7 Å². The number of nitrogens with one attached hydrogen (secondary N) is 3. The minimum absolute atomic E-state index is 0.0563. The van der Waals surface area contributed by atoms with E-state index in [4.69, 9.17) is 4.74 Å². The van der Waals surface area contributed by atoms with Crippen molar-refractivity contribution in [2.75, 3.05) is 45.8 Å². The predicted octanol–water partition coefficient (Wildman–Crippen LogP) is 3.68. The summed E-state index contributed by atoms with van der Waals surface area (Å²) in [7, 11) is 0. The first-order valence-electron chi connectivity index (χ1n) is 19.3. The molecule has 53 heavy (non-hydrogen) atoms. The van der Waals surface area contributed by atoms with Crippen molar-refractivity contribution in [3.63, 3.8) is 0 Å². The third-order valence-electron chi connectivity index (χ3n) is 9.72. The van der Waals surface area contributed by atoms with Gasteiger partial charge in [-0.2, -0.15) is 0 Å². The summed E-state index contributed by atoms with van der Waals surface area (Å²) in [5, 5.41) is 8.78. The number of carbonyl (C=O) groups excluding carboxylic acids is 6. The zero-order valence-corrected chi connectivity index (χ0v) is 33.5. The average molecular weight is 741 g/mol. The Balaban J connectivity index is 1.52. The zero-order valence-electron chi connectivity index (χ0n) is 33.5. The summed E-state index contributed by atoms with van der Waals surface area (Å²) in [5.74, 6) is -0.605. The van der Waals surface area contributed by atoms with E-state index in [0.717, 1.165) is 32.7 Å². The van der Waals surface area contributed by atoms with Crippen molar-refractivity contribution in [3.05, 3.63) is 34.9 Å². The third-order valence-corrected chi connectivity index (χ3v) is 9.72. The number of carbonyl (C=O) groups is 6. The van der Waals surface area contributed by atoms with Gasteiger partial charge in [0.05, 0.1) is 6.04 Å². The van der Waals surface area contributed by atoms with Crippen molar-refractivity contribution in [2.24, 2.45) is 5.92 Å². The van der Waals surface area contributed by atoms with E-state index < -0.39 is 23.8 Å². The number of likely N-dealkylation sites (tertiary alicyclic amines) is 1. The molecule has 2 fully saturated rings. The SMILES string of the molecule is CC1=C(C)C(=O)C(CN2CCN(CCC[C@H](NC(=O)[C@@H]3CCCN3C(=O)C/C=C/[C@H](CC(C)C)NC(=O)OC(C)(C)C)C(=O)NC(C)C)CC2)=CC1=O. The van der Waals surface area contributed by atoms with Gasteiger partial charge >= 0.3 is 6.09 Å². The van der Waals surface area contributed by atoms with E-state index in [0.29, 0.717) is 67.8 Å². The van der Waals surface area contributed by atoms with Gasteiger partial charge in [-0.1, -0.05) is 26.0 Å². The number of piperazine rings is 1. The highest BCUT2D eigenvalue weighted by molar-refractivity contribution is 6.22. The van der Waals surface area contributed by atoms with E-state index in [2.05, 4.69) is 39.6 Å². The van der Waals surface area contributed by atoms with Crippen molar-refractivity contribution in [1.29, 1.82) is 0 Å². The van der Waals surface area contributed by atoms with Crippen molar-refractivity contribution in [1.82, 2.24) is 30.7 Å². The second kappa shape index (κ2) is 20.0. The van der Waals surface area contributed by atoms with Gasteiger partial charge in [0.25, 0.3) is 0 Å². The number of nitrogens with zero attached hydrogens (tertiary/aromatic N) is 3. The Hall–Kier alpha value is -3.84. The zero-order chi connectivity index (χ0) is 39.5. The Morgan fingerprint density at radius 3 is 2.21 bits per heavy atom. The molecule has 2 aliphatic heterocycles. The Morgan fingerprint density at radius 2 is 1.58 bits per heavy atom. The van der Waals surface area contributed by atoms with E-state index in [1.54, 1.807) is 45.6 Å². The molecule has 4 amide bonds. The Labute approximate surface area is 316 Å². The lowest BCUT2D eigenvalue weighted by molar-refractivity contribution is -0.139. The number of ether oxygens (including phenoxy) is 1. The first-order valence-corrected chi connectivity index (χ1v) is 19.3. The molecule has 0 unspecified atom stereocenters. The van der Waals surface area contributed by atoms with Crippen LogP contribution in [-0.2, 0) is 28.7 Å². The molecule has 3 atom stereocenters. The van der Waals surface area contributed by atoms with Crippen LogP contribution in [0.25, 0.3) is 0 Å². The van der Waals surface area contributed by atoms with Crippen molar-refractivity contribution in [3.8, 4) is 0 Å². The Morgan fingerprint density at radius 1 is 0.925 bits per heavy atom. The second-order valence-electron chi connectivity index (χ2n) is 16.4. The van der Waals surface area contributed by atoms with Gasteiger partial charge in [0.15, 0.2) is 11.6 Å². The molecule has 0 aromatic heterocycles. The molecule has 0 bridgehead atoms. The molecular weight excluding hydrogens is 676 g/mol. The predicted molar refractivity (Wildman–Crippen MR) is 205 cm³/mol. The standard InChI is InChI=1S/C40H64N6O7/c1-26(2)23-31(42-39(52)53-40(7,8)9)13-10-16-35(48)46-18-12-15-33(46)38(51)43-32(37(50)41-27(3)4)14-11-17-44-19-21-45(22-20-44)25-30-24-34(47)28(5)29(6)36(30)49/h10,13,24,26-27,31-33H,11-12,14-23,25H2,1-9H3,(H,41,50)(H,42,52)(H,43,51)/b13-10+/t31-,32+,33+/m1/s1. The number of hydrogen-bond donors (Lipinski definition) is 3. The first-order chi connectivity index (χ1) is 24.8. The number of allylic oxidation sites excluding steroid dienone is 3. The maximum Gasteiger partial charge on any atom is 0.408 e. The number of rotatable bonds is 16. The molecule has 0 spiro atoms. The summed E-state index contributed by atoms with van der Waals surface area (Å²) in [6.07, 6.45) is 7.62. The van der Waals surface area contributed by atoms with E-state index in [-0.39, 0.29) is 47.8 Å². The van der Waals surface area contributed by atoms with E-state index in [9.17, 15) is 28.8 Å². The number of alkyl carbamates (subject to hydrolysis) is 1. The molecule has 0 aromatic carbocycles. The number of amides is 4. The van der Waals surface area contributed by atoms with Crippen LogP contribution in [0.1, 0.15) is 101 Å². The van der Waals surface area contributed by atoms with E-state index >= 15 is 0 Å². The van der Waals surface area contributed by atoms with E-state index in [1.165, 1.54) is 6.08 Å². The summed E-state index contributed by atoms with van der Waals surface area (Å²) < 4.78 is 5.40. The Bertz CT molecular complexity index is 1430. The maximum absolute atomic E-state index is 13.6. The highest BCUT2D eigenvalue weighted by Crippen LogP contribution is 2.21. The van der Waals surface area contributed by atoms with Gasteiger partial charge in [0, 0.05) is 68.5 Å². The van der Waals surface area contributed by atoms with Gasteiger partial charge in [0.1, 0.15) is 17.7 Å². The summed E-state index contributed by atoms with van der Waals surface area (Å²) in [6.45, 7) is 21.4. The Kier molecular flexibility index (Phi) is 16.4. The fraction of sp³-hybridized carbons (Fsp3) is 0.700. The molecule has 13 nitrogen and oxygen atoms in total. The number of Topliss-reactive ketones (excluding diaryl/α,β-unsaturated/α-hetero) is 1. The van der Waals surface area contributed by atoms with Gasteiger partial charge in [-0.15, -0.1) is 0 Å². The fourth-order valence-corrected chi connectivity index (χ4v) is 6.84. The normalized spacial score (nSPS) is 20.2. The van der Waals surface area contributed by atoms with Crippen molar-refractivity contribution < 1.29 is 33.5 Å². The third kappa shape index (κ3) is 14.1. The molecule has 3 rings (SSSR count). The molecule has 2 heterocycles. The molecule has 296 valence electrons. The van der Waals surface area contributed by atoms with Gasteiger partial charge in [-0.25, -0.2) is 4.79 Å². The van der Waals surface area contributed by atoms with Crippen LogP contribution in [0.3, 0.4) is 0 Å². The van der Waals surface area contributed by atoms with Crippen LogP contribution in [0, 0.1) is 5.92 Å². The van der Waals surface area contributed by atoms with Crippen LogP contribution in [0.5, 0.6) is 0 Å². The molecule has 1 aliphatic carbocycles. The van der Waals surface area contributed by atoms with Gasteiger partial charge in [-0.05, 0) is 99.1 Å². The number of hydrogen-bond acceptors (Lipinski definition) is 9. The molecule has 0 saturated carbocycles. The molecule has 3 N–H and O–H groups in total. The lowest BCUT2D eigenvalue weighted by Gasteiger charge is -2.35. The van der Waals surface area contributed by atoms with E-state index in [1.807, 2.05) is 19.9 Å². The minimum atomic E-state index is -0.735. The highest BCUT2D eigenvalue weighted by Gasteiger charge is 2.35. The number of ketones is 2. The van der Waals surface area contributed by atoms with Crippen LogP contribution in [0.2, 0.25) is 0 Å². The molecular formula is C40H64N6O7. The van der Waals surface area contributed by atoms with Crippen LogP contribution in [-0.4, -0.2) is 126 Å². The first kappa shape index (κ1) is 43.6. The van der Waals surface area contributed by atoms with Crippen LogP contribution in [0.15, 0.2) is 34.9 Å². The molecule has 3 aliphatic rings. The average Bonchev–Trinajstić information content (AvgIpc) is 3.55. The van der Waals surface area contributed by atoms with Crippen molar-refractivity contribution in [2.45, 2.75) is 131 Å². The monoisotopic (exact) mass is 740 g/mol. The molecule has 13 heteroatoms. The summed E-state index contributed by atoms with van der Waals surface area (Å²) >= 11 is 0. The van der Waals surface area contributed by atoms with Gasteiger partial charge in [-0.3, -0.25) is 28.9 Å². The van der Waals surface area contributed by atoms with Gasteiger partial charge < -0.3 is 30.5 Å². The van der Waals surface area contributed by atoms with Crippen LogP contribution >= 0.6 is 0 Å². The van der Waals surface area contributed by atoms with Crippen molar-refractivity contribution >= 4 is 35.4 Å². The highest BCUT2D eigenvalue weighted by atomic mass is 16.6.